The molecule has 0 amide bonds. The van der Waals surface area contributed by atoms with Crippen LogP contribution in [0.25, 0.3) is 6.08 Å². The van der Waals surface area contributed by atoms with Crippen LogP contribution in [-0.4, -0.2) is 28.9 Å². The Morgan fingerprint density at radius 2 is 1.93 bits per heavy atom. The molecule has 146 valence electrons. The lowest BCUT2D eigenvalue weighted by atomic mass is 10.1. The second kappa shape index (κ2) is 9.73. The summed E-state index contributed by atoms with van der Waals surface area (Å²) < 4.78 is 0. The van der Waals surface area contributed by atoms with Gasteiger partial charge in [0.2, 0.25) is 0 Å². The van der Waals surface area contributed by atoms with Crippen molar-refractivity contribution in [1.29, 1.82) is 0 Å². The molecular formula is C19H17Cl2N3O2S2. The van der Waals surface area contributed by atoms with E-state index >= 15 is 0 Å². The topological polar surface area (TPSA) is 53.9 Å². The first-order chi connectivity index (χ1) is 13.5. The Labute approximate surface area is 180 Å². The predicted molar refractivity (Wildman–Crippen MR) is 119 cm³/mol. The molecule has 0 bridgehead atoms. The molecule has 1 aliphatic heterocycles. The molecule has 0 aromatic heterocycles. The molecule has 0 radical (unpaired) electrons. The fourth-order valence-corrected chi connectivity index (χ4v) is 5.09. The highest BCUT2D eigenvalue weighted by Crippen LogP contribution is 2.25. The molecule has 5 nitrogen and oxygen atoms in total. The Bertz CT molecular complexity index is 931. The van der Waals surface area contributed by atoms with Gasteiger partial charge in [-0.25, -0.2) is 15.2 Å². The van der Waals surface area contributed by atoms with Crippen molar-refractivity contribution in [3.8, 4) is 0 Å². The van der Waals surface area contributed by atoms with E-state index in [1.54, 1.807) is 18.2 Å². The molecule has 2 aromatic rings. The molecule has 1 saturated heterocycles. The summed E-state index contributed by atoms with van der Waals surface area (Å²) in [6.45, 7) is 0. The number of oxime groups is 1. The molecule has 1 fully saturated rings. The van der Waals surface area contributed by atoms with E-state index < -0.39 is 15.4 Å². The normalized spacial score (nSPS) is 21.9. The fourth-order valence-electron chi connectivity index (χ4n) is 2.58. The van der Waals surface area contributed by atoms with E-state index in [0.29, 0.717) is 26.5 Å². The zero-order valence-electron chi connectivity index (χ0n) is 14.8. The number of nitrogens with one attached hydrogen (secondary N) is 1. The summed E-state index contributed by atoms with van der Waals surface area (Å²) >= 11 is 17.7. The van der Waals surface area contributed by atoms with Crippen molar-refractivity contribution < 1.29 is 9.63 Å². The number of hydrogen-bond acceptors (Lipinski definition) is 6. The van der Waals surface area contributed by atoms with E-state index in [1.165, 1.54) is 12.2 Å². The number of hydrogen-bond donors (Lipinski definition) is 1. The van der Waals surface area contributed by atoms with Crippen molar-refractivity contribution in [1.82, 2.24) is 10.4 Å². The molecule has 2 aromatic carbocycles. The molecule has 3 rings (SSSR count). The van der Waals surface area contributed by atoms with Gasteiger partial charge in [-0.3, -0.25) is 0 Å². The second-order valence-corrected chi connectivity index (χ2v) is 9.34. The highest BCUT2D eigenvalue weighted by molar-refractivity contribution is 8.37. The average molecular weight is 454 g/mol. The number of halogens is 2. The number of rotatable bonds is 4. The van der Waals surface area contributed by atoms with Gasteiger partial charge >= 0.3 is 5.97 Å². The minimum absolute atomic E-state index is 0.254. The Morgan fingerprint density at radius 1 is 1.25 bits per heavy atom. The van der Waals surface area contributed by atoms with E-state index in [1.807, 2.05) is 42.4 Å². The third-order valence-corrected chi connectivity index (χ3v) is 6.77. The SMILES string of the molecule is CN1CS(=S)C(=NOC(=O)C=Cc2c(Cl)cccc2Cl)C(c2ccccc2)N1. The summed E-state index contributed by atoms with van der Waals surface area (Å²) in [5, 5.41) is 7.50. The molecule has 2 unspecified atom stereocenters. The molecule has 0 aliphatic carbocycles. The Kier molecular flexibility index (Phi) is 7.34. The van der Waals surface area contributed by atoms with Crippen LogP contribution in [0.1, 0.15) is 17.2 Å². The van der Waals surface area contributed by atoms with Gasteiger partial charge in [0.25, 0.3) is 0 Å². The van der Waals surface area contributed by atoms with Gasteiger partial charge in [-0.15, -0.1) is 0 Å². The Morgan fingerprint density at radius 3 is 2.61 bits per heavy atom. The van der Waals surface area contributed by atoms with Gasteiger partial charge in [0.05, 0.1) is 11.9 Å². The number of nitrogens with zero attached hydrogens (tertiary/aromatic N) is 2. The van der Waals surface area contributed by atoms with Crippen LogP contribution >= 0.6 is 23.2 Å². The number of benzene rings is 2. The maximum Gasteiger partial charge on any atom is 0.358 e. The molecule has 2 atom stereocenters. The predicted octanol–water partition coefficient (Wildman–Crippen LogP) is 4.09. The molecule has 0 spiro atoms. The monoisotopic (exact) mass is 453 g/mol. The lowest BCUT2D eigenvalue weighted by Crippen LogP contribution is -2.49. The van der Waals surface area contributed by atoms with Gasteiger partial charge in [0, 0.05) is 28.7 Å². The van der Waals surface area contributed by atoms with Crippen LogP contribution in [0.4, 0.5) is 0 Å². The van der Waals surface area contributed by atoms with Crippen LogP contribution in [0, 0.1) is 0 Å². The standard InChI is InChI=1S/C19H17Cl2N3O2S2/c1-24-12-28(27)19(18(22-24)13-6-3-2-4-7-13)23-26-17(25)11-10-14-15(20)8-5-9-16(14)21/h2-11,18,22H,12H2,1H3. The highest BCUT2D eigenvalue weighted by Gasteiger charge is 2.29. The Hall–Kier alpha value is -1.61. The van der Waals surface area contributed by atoms with E-state index in [0.717, 1.165) is 5.56 Å². The first-order valence-electron chi connectivity index (χ1n) is 8.27. The van der Waals surface area contributed by atoms with Crippen molar-refractivity contribution in [3.05, 3.63) is 75.8 Å². The molecular weight excluding hydrogens is 437 g/mol. The van der Waals surface area contributed by atoms with Crippen LogP contribution in [0.5, 0.6) is 0 Å². The number of carbonyl (C=O) groups is 1. The zero-order valence-corrected chi connectivity index (χ0v) is 18.0. The molecule has 1 heterocycles. The van der Waals surface area contributed by atoms with Gasteiger partial charge in [-0.2, -0.15) is 0 Å². The summed E-state index contributed by atoms with van der Waals surface area (Å²) in [4.78, 5) is 17.2. The molecule has 28 heavy (non-hydrogen) atoms. The van der Waals surface area contributed by atoms with Gasteiger partial charge in [0.1, 0.15) is 5.04 Å². The smallest absolute Gasteiger partial charge is 0.313 e. The second-order valence-electron chi connectivity index (χ2n) is 5.95. The first kappa shape index (κ1) is 21.1. The lowest BCUT2D eigenvalue weighted by molar-refractivity contribution is -0.137. The van der Waals surface area contributed by atoms with Crippen molar-refractivity contribution in [2.45, 2.75) is 6.04 Å². The van der Waals surface area contributed by atoms with Crippen LogP contribution in [0.3, 0.4) is 0 Å². The van der Waals surface area contributed by atoms with E-state index in [-0.39, 0.29) is 6.04 Å². The summed E-state index contributed by atoms with van der Waals surface area (Å²) in [5.41, 5.74) is 4.84. The van der Waals surface area contributed by atoms with Crippen LogP contribution in [-0.2, 0) is 30.3 Å². The van der Waals surface area contributed by atoms with Crippen molar-refractivity contribution >= 4 is 60.9 Å². The van der Waals surface area contributed by atoms with Crippen molar-refractivity contribution in [3.63, 3.8) is 0 Å². The zero-order chi connectivity index (χ0) is 20.1. The molecule has 1 N–H and O–H groups in total. The quantitative estimate of drug-likeness (QED) is 0.429. The number of carbonyl (C=O) groups excluding carboxylic acids is 1. The van der Waals surface area contributed by atoms with Crippen LogP contribution in [0.2, 0.25) is 10.0 Å². The molecule has 9 heteroatoms. The summed E-state index contributed by atoms with van der Waals surface area (Å²) in [7, 11) is 1.32. The molecule has 0 saturated carbocycles. The highest BCUT2D eigenvalue weighted by atomic mass is 35.5. The summed E-state index contributed by atoms with van der Waals surface area (Å²) in [6.07, 6.45) is 2.74. The van der Waals surface area contributed by atoms with Crippen LogP contribution in [0.15, 0.2) is 59.8 Å². The minimum atomic E-state index is -0.638. The van der Waals surface area contributed by atoms with E-state index in [9.17, 15) is 4.79 Å². The van der Waals surface area contributed by atoms with Gasteiger partial charge in [0.15, 0.2) is 0 Å². The third-order valence-electron chi connectivity index (χ3n) is 3.88. The van der Waals surface area contributed by atoms with E-state index in [2.05, 4.69) is 10.6 Å². The van der Waals surface area contributed by atoms with E-state index in [4.69, 9.17) is 39.2 Å². The number of hydrazine groups is 1. The average Bonchev–Trinajstić information content (AvgIpc) is 2.67. The van der Waals surface area contributed by atoms with Crippen LogP contribution < -0.4 is 5.43 Å². The van der Waals surface area contributed by atoms with Gasteiger partial charge in [-0.1, -0.05) is 74.2 Å². The molecule has 1 aliphatic rings. The first-order valence-corrected chi connectivity index (χ1v) is 11.3. The largest absolute Gasteiger partial charge is 0.358 e. The lowest BCUT2D eigenvalue weighted by Gasteiger charge is -2.33. The van der Waals surface area contributed by atoms with Crippen molar-refractivity contribution in [2.24, 2.45) is 5.16 Å². The van der Waals surface area contributed by atoms with Gasteiger partial charge in [-0.05, 0) is 35.0 Å². The Balaban J connectivity index is 1.77. The van der Waals surface area contributed by atoms with Gasteiger partial charge < -0.3 is 4.84 Å². The summed E-state index contributed by atoms with van der Waals surface area (Å²) in [6, 6.07) is 14.6. The third kappa shape index (κ3) is 5.26. The van der Waals surface area contributed by atoms with Crippen molar-refractivity contribution in [2.75, 3.05) is 12.9 Å². The maximum absolute atomic E-state index is 12.1. The summed E-state index contributed by atoms with van der Waals surface area (Å²) in [5.74, 6) is -0.0404. The fraction of sp³-hybridized carbons (Fsp3) is 0.158. The minimum Gasteiger partial charge on any atom is -0.313 e. The maximum atomic E-state index is 12.1.